The highest BCUT2D eigenvalue weighted by atomic mass is 16.3. The lowest BCUT2D eigenvalue weighted by atomic mass is 10.2. The smallest absolute Gasteiger partial charge is 0.331 e. The van der Waals surface area contributed by atoms with Crippen LogP contribution >= 0.6 is 0 Å². The van der Waals surface area contributed by atoms with E-state index in [0.29, 0.717) is 19.5 Å². The molecule has 0 saturated carbocycles. The van der Waals surface area contributed by atoms with Gasteiger partial charge in [0.1, 0.15) is 12.3 Å². The summed E-state index contributed by atoms with van der Waals surface area (Å²) in [5.74, 6) is 0.362. The van der Waals surface area contributed by atoms with Crippen molar-refractivity contribution in [1.29, 1.82) is 0 Å². The summed E-state index contributed by atoms with van der Waals surface area (Å²) in [6.07, 6.45) is 3.56. The molecule has 26 heavy (non-hydrogen) atoms. The van der Waals surface area contributed by atoms with Gasteiger partial charge in [0.15, 0.2) is 0 Å². The van der Waals surface area contributed by atoms with Crippen LogP contribution in [0.15, 0.2) is 75.0 Å². The second-order valence-corrected chi connectivity index (χ2v) is 5.82. The fraction of sp³-hybridized carbons (Fsp3) is 0.211. The Morgan fingerprint density at radius 1 is 1.04 bits per heavy atom. The first-order chi connectivity index (χ1) is 12.6. The average Bonchev–Trinajstić information content (AvgIpc) is 3.15. The molecule has 0 aliphatic heterocycles. The Morgan fingerprint density at radius 3 is 2.58 bits per heavy atom. The molecule has 7 heteroatoms. The van der Waals surface area contributed by atoms with Crippen LogP contribution in [0.25, 0.3) is 0 Å². The first kappa shape index (κ1) is 17.5. The third-order valence-corrected chi connectivity index (χ3v) is 3.91. The Bertz CT molecular complexity index is 972. The third-order valence-electron chi connectivity index (χ3n) is 3.91. The molecule has 3 rings (SSSR count). The molecule has 0 unspecified atom stereocenters. The van der Waals surface area contributed by atoms with Gasteiger partial charge < -0.3 is 9.73 Å². The molecule has 7 nitrogen and oxygen atoms in total. The molecule has 0 spiro atoms. The molecule has 1 N–H and O–H groups in total. The molecule has 1 amide bonds. The van der Waals surface area contributed by atoms with Gasteiger partial charge in [-0.05, 0) is 17.7 Å². The predicted octanol–water partition coefficient (Wildman–Crippen LogP) is 1.01. The highest BCUT2D eigenvalue weighted by molar-refractivity contribution is 5.75. The molecule has 134 valence electrons. The monoisotopic (exact) mass is 353 g/mol. The largest absolute Gasteiger partial charge is 0.469 e. The minimum Gasteiger partial charge on any atom is -0.469 e. The van der Waals surface area contributed by atoms with Crippen LogP contribution in [0, 0.1) is 0 Å². The van der Waals surface area contributed by atoms with Gasteiger partial charge in [-0.3, -0.25) is 18.7 Å². The van der Waals surface area contributed by atoms with E-state index in [-0.39, 0.29) is 6.54 Å². The molecule has 3 aromatic rings. The van der Waals surface area contributed by atoms with Crippen LogP contribution in [0.4, 0.5) is 0 Å². The van der Waals surface area contributed by atoms with Crippen molar-refractivity contribution in [2.24, 2.45) is 0 Å². The van der Waals surface area contributed by atoms with Gasteiger partial charge in [0.2, 0.25) is 5.91 Å². The van der Waals surface area contributed by atoms with Gasteiger partial charge in [-0.25, -0.2) is 4.79 Å². The maximum absolute atomic E-state index is 12.5. The fourth-order valence-electron chi connectivity index (χ4n) is 2.58. The zero-order valence-electron chi connectivity index (χ0n) is 14.1. The van der Waals surface area contributed by atoms with Crippen molar-refractivity contribution >= 4 is 5.91 Å². The van der Waals surface area contributed by atoms with Crippen LogP contribution < -0.4 is 16.6 Å². The summed E-state index contributed by atoms with van der Waals surface area (Å²) in [7, 11) is 0. The van der Waals surface area contributed by atoms with E-state index in [1.54, 1.807) is 12.3 Å². The lowest BCUT2D eigenvalue weighted by Gasteiger charge is -2.10. The molecule has 0 bridgehead atoms. The molecule has 0 aliphatic rings. The van der Waals surface area contributed by atoms with Crippen LogP contribution in [0.2, 0.25) is 0 Å². The number of carbonyl (C=O) groups excluding carboxylic acids is 1. The highest BCUT2D eigenvalue weighted by Crippen LogP contribution is 2.00. The van der Waals surface area contributed by atoms with Gasteiger partial charge >= 0.3 is 5.69 Å². The zero-order valence-corrected chi connectivity index (χ0v) is 14.1. The Hall–Kier alpha value is -3.35. The molecular weight excluding hydrogens is 334 g/mol. The topological polar surface area (TPSA) is 86.2 Å². The number of rotatable bonds is 7. The fourth-order valence-corrected chi connectivity index (χ4v) is 2.58. The number of nitrogens with one attached hydrogen (secondary N) is 1. The van der Waals surface area contributed by atoms with E-state index >= 15 is 0 Å². The predicted molar refractivity (Wildman–Crippen MR) is 95.9 cm³/mol. The number of carbonyl (C=O) groups is 1. The van der Waals surface area contributed by atoms with Gasteiger partial charge in [0.05, 0.1) is 12.8 Å². The zero-order chi connectivity index (χ0) is 18.4. The first-order valence-electron chi connectivity index (χ1n) is 8.27. The molecule has 0 atom stereocenters. The molecule has 0 saturated heterocycles. The van der Waals surface area contributed by atoms with Crippen LogP contribution in [0.3, 0.4) is 0 Å². The van der Waals surface area contributed by atoms with Gasteiger partial charge in [-0.1, -0.05) is 30.3 Å². The van der Waals surface area contributed by atoms with E-state index in [4.69, 9.17) is 4.42 Å². The van der Waals surface area contributed by atoms with E-state index in [2.05, 4.69) is 5.32 Å². The van der Waals surface area contributed by atoms with Crippen molar-refractivity contribution in [3.05, 3.63) is 93.2 Å². The summed E-state index contributed by atoms with van der Waals surface area (Å²) in [6, 6.07) is 14.3. The lowest BCUT2D eigenvalue weighted by molar-refractivity contribution is -0.121. The number of benzene rings is 1. The number of amides is 1. The van der Waals surface area contributed by atoms with Crippen molar-refractivity contribution in [2.45, 2.75) is 19.5 Å². The van der Waals surface area contributed by atoms with Gasteiger partial charge in [0.25, 0.3) is 5.56 Å². The summed E-state index contributed by atoms with van der Waals surface area (Å²) in [5.41, 5.74) is -0.0780. The standard InChI is InChI=1S/C19H19N3O4/c23-17(20-10-8-16-7-4-12-26-16)14-22-18(24)9-11-21(19(22)25)13-15-5-2-1-3-6-15/h1-7,9,11-12H,8,10,13-14H2,(H,20,23). The van der Waals surface area contributed by atoms with Gasteiger partial charge in [0, 0.05) is 25.2 Å². The molecule has 0 aliphatic carbocycles. The van der Waals surface area contributed by atoms with E-state index in [9.17, 15) is 14.4 Å². The third kappa shape index (κ3) is 4.38. The van der Waals surface area contributed by atoms with Crippen molar-refractivity contribution in [3.8, 4) is 0 Å². The number of hydrogen-bond donors (Lipinski definition) is 1. The van der Waals surface area contributed by atoms with E-state index in [1.807, 2.05) is 36.4 Å². The number of nitrogens with zero attached hydrogens (tertiary/aromatic N) is 2. The maximum Gasteiger partial charge on any atom is 0.331 e. The average molecular weight is 353 g/mol. The molecular formula is C19H19N3O4. The summed E-state index contributed by atoms with van der Waals surface area (Å²) in [6.45, 7) is 0.387. The lowest BCUT2D eigenvalue weighted by Crippen LogP contribution is -2.43. The van der Waals surface area contributed by atoms with Crippen LogP contribution in [-0.4, -0.2) is 21.6 Å². The quantitative estimate of drug-likeness (QED) is 0.687. The Balaban J connectivity index is 1.67. The van der Waals surface area contributed by atoms with Crippen molar-refractivity contribution < 1.29 is 9.21 Å². The number of furan rings is 1. The SMILES string of the molecule is O=C(Cn1c(=O)ccn(Cc2ccccc2)c1=O)NCCc1ccco1. The Labute approximate surface area is 149 Å². The van der Waals surface area contributed by atoms with Crippen LogP contribution in [0.5, 0.6) is 0 Å². The second-order valence-electron chi connectivity index (χ2n) is 5.82. The van der Waals surface area contributed by atoms with Crippen molar-refractivity contribution in [2.75, 3.05) is 6.54 Å². The number of aromatic nitrogens is 2. The summed E-state index contributed by atoms with van der Waals surface area (Å²) < 4.78 is 7.53. The summed E-state index contributed by atoms with van der Waals surface area (Å²) in [5, 5.41) is 2.69. The van der Waals surface area contributed by atoms with Crippen molar-refractivity contribution in [1.82, 2.24) is 14.5 Å². The molecule has 1 aromatic carbocycles. The van der Waals surface area contributed by atoms with Crippen LogP contribution in [0.1, 0.15) is 11.3 Å². The van der Waals surface area contributed by atoms with Gasteiger partial charge in [-0.2, -0.15) is 0 Å². The minimum absolute atomic E-state index is 0.314. The van der Waals surface area contributed by atoms with E-state index in [0.717, 1.165) is 15.9 Å². The maximum atomic E-state index is 12.5. The molecule has 0 radical (unpaired) electrons. The first-order valence-corrected chi connectivity index (χ1v) is 8.27. The highest BCUT2D eigenvalue weighted by Gasteiger charge is 2.10. The summed E-state index contributed by atoms with van der Waals surface area (Å²) in [4.78, 5) is 36.6. The number of hydrogen-bond acceptors (Lipinski definition) is 4. The van der Waals surface area contributed by atoms with E-state index < -0.39 is 17.2 Å². The second kappa shape index (κ2) is 8.15. The Morgan fingerprint density at radius 2 is 1.85 bits per heavy atom. The minimum atomic E-state index is -0.512. The molecule has 2 aromatic heterocycles. The van der Waals surface area contributed by atoms with Gasteiger partial charge in [-0.15, -0.1) is 0 Å². The van der Waals surface area contributed by atoms with E-state index in [1.165, 1.54) is 16.8 Å². The van der Waals surface area contributed by atoms with Crippen LogP contribution in [-0.2, 0) is 24.3 Å². The van der Waals surface area contributed by atoms with Crippen molar-refractivity contribution in [3.63, 3.8) is 0 Å². The summed E-state index contributed by atoms with van der Waals surface area (Å²) >= 11 is 0. The normalized spacial score (nSPS) is 10.6. The molecule has 2 heterocycles. The molecule has 0 fully saturated rings. The Kier molecular flexibility index (Phi) is 5.48.